The molecule has 0 bridgehead atoms. The molecule has 1 aromatic carbocycles. The van der Waals surface area contributed by atoms with E-state index in [2.05, 4.69) is 15.9 Å². The maximum atomic E-state index is 13.5. The van der Waals surface area contributed by atoms with Crippen molar-refractivity contribution in [2.45, 2.75) is 0 Å². The highest BCUT2D eigenvalue weighted by Gasteiger charge is 2.19. The molecule has 0 aliphatic rings. The zero-order valence-electron chi connectivity index (χ0n) is 6.66. The van der Waals surface area contributed by atoms with Crippen LogP contribution in [0.15, 0.2) is 22.0 Å². The van der Waals surface area contributed by atoms with Gasteiger partial charge in [-0.2, -0.15) is 0 Å². The van der Waals surface area contributed by atoms with Crippen molar-refractivity contribution in [1.82, 2.24) is 0 Å². The first-order valence-electron chi connectivity index (χ1n) is 3.61. The van der Waals surface area contributed by atoms with Crippen molar-refractivity contribution in [3.63, 3.8) is 0 Å². The average molecular weight is 276 g/mol. The summed E-state index contributed by atoms with van der Waals surface area (Å²) >= 11 is 4.10. The molecule has 6 heteroatoms. The normalized spacial score (nSPS) is 10.7. The minimum Gasteiger partial charge on any atom is -0.258 e. The van der Waals surface area contributed by atoms with Crippen molar-refractivity contribution in [1.29, 1.82) is 0 Å². The number of nitro benzene ring substituents is 1. The maximum absolute atomic E-state index is 13.5. The predicted molar refractivity (Wildman–Crippen MR) is 56.1 cm³/mol. The Bertz CT molecular complexity index is 525. The summed E-state index contributed by atoms with van der Waals surface area (Å²) in [6.07, 6.45) is 0. The van der Waals surface area contributed by atoms with Crippen molar-refractivity contribution in [2.75, 3.05) is 0 Å². The second kappa shape index (κ2) is 3.29. The van der Waals surface area contributed by atoms with Crippen LogP contribution >= 0.6 is 27.3 Å². The Labute approximate surface area is 90.4 Å². The lowest BCUT2D eigenvalue weighted by atomic mass is 10.2. The van der Waals surface area contributed by atoms with E-state index in [1.165, 1.54) is 17.4 Å². The lowest BCUT2D eigenvalue weighted by molar-refractivity contribution is -0.385. The molecule has 14 heavy (non-hydrogen) atoms. The van der Waals surface area contributed by atoms with Crippen molar-refractivity contribution in [3.8, 4) is 0 Å². The van der Waals surface area contributed by atoms with E-state index in [1.807, 2.05) is 0 Å². The van der Waals surface area contributed by atoms with E-state index in [1.54, 1.807) is 11.4 Å². The molecule has 2 rings (SSSR count). The monoisotopic (exact) mass is 275 g/mol. The van der Waals surface area contributed by atoms with Gasteiger partial charge in [0.2, 0.25) is 0 Å². The van der Waals surface area contributed by atoms with Gasteiger partial charge in [0.1, 0.15) is 4.47 Å². The Kier molecular flexibility index (Phi) is 2.24. The van der Waals surface area contributed by atoms with Crippen molar-refractivity contribution in [2.24, 2.45) is 0 Å². The van der Waals surface area contributed by atoms with Crippen LogP contribution in [0.4, 0.5) is 10.1 Å². The number of rotatable bonds is 1. The number of thiophene rings is 1. The fourth-order valence-corrected chi connectivity index (χ4v) is 2.57. The Hall–Kier alpha value is -1.01. The van der Waals surface area contributed by atoms with Gasteiger partial charge in [0, 0.05) is 11.5 Å². The molecule has 0 unspecified atom stereocenters. The zero-order valence-corrected chi connectivity index (χ0v) is 9.06. The lowest BCUT2D eigenvalue weighted by Gasteiger charge is -1.98. The summed E-state index contributed by atoms with van der Waals surface area (Å²) in [6.45, 7) is 0. The predicted octanol–water partition coefficient (Wildman–Crippen LogP) is 3.71. The molecule has 0 spiro atoms. The minimum atomic E-state index is -0.607. The molecule has 0 radical (unpaired) electrons. The van der Waals surface area contributed by atoms with Crippen LogP contribution in [0.25, 0.3) is 10.1 Å². The van der Waals surface area contributed by atoms with Crippen LogP contribution < -0.4 is 0 Å². The zero-order chi connectivity index (χ0) is 10.3. The van der Waals surface area contributed by atoms with Crippen molar-refractivity contribution >= 4 is 43.0 Å². The summed E-state index contributed by atoms with van der Waals surface area (Å²) in [6, 6.07) is 3.02. The van der Waals surface area contributed by atoms with Crippen LogP contribution in [0, 0.1) is 15.9 Å². The number of hydrogen-bond acceptors (Lipinski definition) is 3. The SMILES string of the molecule is O=[N+]([O-])c1cc2ccsc2c(F)c1Br. The van der Waals surface area contributed by atoms with Gasteiger partial charge in [0.05, 0.1) is 9.62 Å². The number of nitrogens with zero attached hydrogens (tertiary/aromatic N) is 1. The van der Waals surface area contributed by atoms with E-state index >= 15 is 0 Å². The van der Waals surface area contributed by atoms with E-state index < -0.39 is 10.7 Å². The summed E-state index contributed by atoms with van der Waals surface area (Å²) in [5.41, 5.74) is -0.242. The molecular weight excluding hydrogens is 273 g/mol. The molecule has 0 atom stereocenters. The topological polar surface area (TPSA) is 43.1 Å². The molecule has 1 aromatic heterocycles. The second-order valence-corrected chi connectivity index (χ2v) is 4.33. The van der Waals surface area contributed by atoms with E-state index in [0.29, 0.717) is 10.1 Å². The quantitative estimate of drug-likeness (QED) is 0.588. The first kappa shape index (κ1) is 9.54. The van der Waals surface area contributed by atoms with Crippen LogP contribution in [0.2, 0.25) is 0 Å². The van der Waals surface area contributed by atoms with Gasteiger partial charge in [-0.1, -0.05) is 0 Å². The van der Waals surface area contributed by atoms with Crippen molar-refractivity contribution in [3.05, 3.63) is 37.9 Å². The summed E-state index contributed by atoms with van der Waals surface area (Å²) in [4.78, 5) is 9.94. The highest BCUT2D eigenvalue weighted by Crippen LogP contribution is 2.36. The third-order valence-electron chi connectivity index (χ3n) is 1.80. The standard InChI is InChI=1S/C8H3BrFNO2S/c9-6-5(11(12)13)3-4-1-2-14-8(4)7(6)10/h1-3H. The molecule has 3 nitrogen and oxygen atoms in total. The number of benzene rings is 1. The first-order chi connectivity index (χ1) is 6.61. The van der Waals surface area contributed by atoms with Gasteiger partial charge in [0.15, 0.2) is 5.82 Å². The molecule has 0 amide bonds. The third-order valence-corrected chi connectivity index (χ3v) is 3.48. The smallest absolute Gasteiger partial charge is 0.258 e. The number of nitro groups is 1. The highest BCUT2D eigenvalue weighted by molar-refractivity contribution is 9.10. The van der Waals surface area contributed by atoms with Gasteiger partial charge in [-0.05, 0) is 27.4 Å². The summed E-state index contributed by atoms with van der Waals surface area (Å²) in [7, 11) is 0. The van der Waals surface area contributed by atoms with Crippen LogP contribution in [-0.2, 0) is 0 Å². The average Bonchev–Trinajstić information content (AvgIpc) is 2.58. The number of halogens is 2. The molecule has 0 saturated heterocycles. The van der Waals surface area contributed by atoms with Gasteiger partial charge in [0.25, 0.3) is 5.69 Å². The van der Waals surface area contributed by atoms with Crippen LogP contribution in [0.3, 0.4) is 0 Å². The van der Waals surface area contributed by atoms with E-state index in [4.69, 9.17) is 0 Å². The van der Waals surface area contributed by atoms with Gasteiger partial charge in [-0.25, -0.2) is 4.39 Å². The molecular formula is C8H3BrFNO2S. The van der Waals surface area contributed by atoms with Crippen LogP contribution in [0.5, 0.6) is 0 Å². The summed E-state index contributed by atoms with van der Waals surface area (Å²) in [5.74, 6) is -0.566. The Balaban J connectivity index is 2.87. The molecule has 2 aromatic rings. The Morgan fingerprint density at radius 3 is 2.93 bits per heavy atom. The molecule has 0 aliphatic carbocycles. The molecule has 72 valence electrons. The molecule has 0 aliphatic heterocycles. The number of hydrogen-bond donors (Lipinski definition) is 0. The van der Waals surface area contributed by atoms with Gasteiger partial charge in [-0.3, -0.25) is 10.1 Å². The third kappa shape index (κ3) is 1.31. The lowest BCUT2D eigenvalue weighted by Crippen LogP contribution is -1.91. The summed E-state index contributed by atoms with van der Waals surface area (Å²) in [5, 5.41) is 12.8. The molecule has 0 fully saturated rings. The fraction of sp³-hybridized carbons (Fsp3) is 0. The van der Waals surface area contributed by atoms with Crippen molar-refractivity contribution < 1.29 is 9.31 Å². The van der Waals surface area contributed by atoms with Gasteiger partial charge < -0.3 is 0 Å². The fourth-order valence-electron chi connectivity index (χ4n) is 1.17. The molecule has 1 heterocycles. The van der Waals surface area contributed by atoms with Crippen LogP contribution in [0.1, 0.15) is 0 Å². The van der Waals surface area contributed by atoms with Gasteiger partial charge in [-0.15, -0.1) is 11.3 Å². The molecule has 0 N–H and O–H groups in total. The Morgan fingerprint density at radius 1 is 1.57 bits per heavy atom. The largest absolute Gasteiger partial charge is 0.287 e. The van der Waals surface area contributed by atoms with Crippen LogP contribution in [-0.4, -0.2) is 4.92 Å². The number of fused-ring (bicyclic) bond motifs is 1. The first-order valence-corrected chi connectivity index (χ1v) is 5.28. The maximum Gasteiger partial charge on any atom is 0.287 e. The highest BCUT2D eigenvalue weighted by atomic mass is 79.9. The second-order valence-electron chi connectivity index (χ2n) is 2.62. The van der Waals surface area contributed by atoms with E-state index in [-0.39, 0.29) is 10.2 Å². The van der Waals surface area contributed by atoms with E-state index in [0.717, 1.165) is 0 Å². The molecule has 0 saturated carbocycles. The summed E-state index contributed by atoms with van der Waals surface area (Å²) < 4.78 is 13.9. The van der Waals surface area contributed by atoms with Gasteiger partial charge >= 0.3 is 0 Å². The minimum absolute atomic E-state index is 0.0857. The Morgan fingerprint density at radius 2 is 2.29 bits per heavy atom. The van der Waals surface area contributed by atoms with E-state index in [9.17, 15) is 14.5 Å².